The Morgan fingerprint density at radius 3 is 2.31 bits per heavy atom. The van der Waals surface area contributed by atoms with Crippen molar-refractivity contribution in [3.63, 3.8) is 0 Å². The van der Waals surface area contributed by atoms with Crippen molar-refractivity contribution in [3.8, 4) is 0 Å². The molecule has 11 heteroatoms. The van der Waals surface area contributed by atoms with Gasteiger partial charge < -0.3 is 15.5 Å². The third kappa shape index (κ3) is 6.24. The van der Waals surface area contributed by atoms with Crippen LogP contribution in [0.1, 0.15) is 22.9 Å². The molecule has 1 saturated heterocycles. The Hall–Kier alpha value is -2.40. The van der Waals surface area contributed by atoms with Gasteiger partial charge in [0.2, 0.25) is 15.2 Å². The van der Waals surface area contributed by atoms with Crippen LogP contribution >= 0.6 is 23.1 Å². The smallest absolute Gasteiger partial charge is 0.215 e. The standard InChI is InChI=1S/C24H31ClN6O2S2/c1-29(2)21-9-3-18(4-10-21)17-22(19-5-7-20(26)8-6-19)23-27-24(34-28-23)30-12-14-31(15-13-30)35(32,33)16-11-25/h3-10,22H,11-17,26H2,1-2H3. The molecule has 1 aliphatic rings. The third-order valence-electron chi connectivity index (χ3n) is 6.21. The maximum atomic E-state index is 12.3. The second kappa shape index (κ2) is 11.1. The number of hydrogen-bond acceptors (Lipinski definition) is 8. The van der Waals surface area contributed by atoms with E-state index in [0.717, 1.165) is 34.3 Å². The van der Waals surface area contributed by atoms with Crippen LogP contribution in [0.2, 0.25) is 0 Å². The number of nitrogens with zero attached hydrogens (tertiary/aromatic N) is 5. The normalized spacial score (nSPS) is 15.8. The molecular weight excluding hydrogens is 504 g/mol. The number of benzene rings is 2. The van der Waals surface area contributed by atoms with Crippen LogP contribution in [0.4, 0.5) is 16.5 Å². The number of nitrogen functional groups attached to an aromatic ring is 1. The van der Waals surface area contributed by atoms with Gasteiger partial charge in [-0.25, -0.2) is 13.4 Å². The van der Waals surface area contributed by atoms with E-state index in [2.05, 4.69) is 34.1 Å². The maximum Gasteiger partial charge on any atom is 0.215 e. The van der Waals surface area contributed by atoms with Crippen molar-refractivity contribution >= 4 is 49.7 Å². The van der Waals surface area contributed by atoms with Gasteiger partial charge in [-0.15, -0.1) is 11.6 Å². The van der Waals surface area contributed by atoms with Gasteiger partial charge in [-0.2, -0.15) is 8.68 Å². The Morgan fingerprint density at radius 1 is 1.06 bits per heavy atom. The van der Waals surface area contributed by atoms with Crippen molar-refractivity contribution < 1.29 is 8.42 Å². The first-order valence-electron chi connectivity index (χ1n) is 11.5. The molecule has 2 heterocycles. The van der Waals surface area contributed by atoms with Gasteiger partial charge in [-0.05, 0) is 41.8 Å². The molecule has 0 amide bonds. The van der Waals surface area contributed by atoms with Crippen LogP contribution in [-0.2, 0) is 16.4 Å². The van der Waals surface area contributed by atoms with E-state index in [0.29, 0.717) is 26.2 Å². The Kier molecular flexibility index (Phi) is 8.16. The summed E-state index contributed by atoms with van der Waals surface area (Å²) in [5.41, 5.74) is 10.1. The van der Waals surface area contributed by atoms with Gasteiger partial charge in [0.1, 0.15) is 0 Å². The minimum Gasteiger partial charge on any atom is -0.399 e. The van der Waals surface area contributed by atoms with Crippen LogP contribution in [0, 0.1) is 0 Å². The molecule has 0 spiro atoms. The highest BCUT2D eigenvalue weighted by Crippen LogP contribution is 2.31. The average molecular weight is 535 g/mol. The summed E-state index contributed by atoms with van der Waals surface area (Å²) >= 11 is 7.02. The molecule has 0 aliphatic carbocycles. The summed E-state index contributed by atoms with van der Waals surface area (Å²) in [5.74, 6) is 0.822. The Bertz CT molecular complexity index is 1210. The fraction of sp³-hybridized carbons (Fsp3) is 0.417. The van der Waals surface area contributed by atoms with Crippen LogP contribution < -0.4 is 15.5 Å². The number of sulfonamides is 1. The predicted octanol–water partition coefficient (Wildman–Crippen LogP) is 3.25. The Morgan fingerprint density at radius 2 is 1.71 bits per heavy atom. The summed E-state index contributed by atoms with van der Waals surface area (Å²) in [6.07, 6.45) is 0.762. The summed E-state index contributed by atoms with van der Waals surface area (Å²) in [7, 11) is 0.755. The molecule has 1 aliphatic heterocycles. The zero-order valence-electron chi connectivity index (χ0n) is 20.0. The van der Waals surface area contributed by atoms with Gasteiger partial charge in [0.25, 0.3) is 0 Å². The van der Waals surface area contributed by atoms with Gasteiger partial charge >= 0.3 is 0 Å². The van der Waals surface area contributed by atoms with E-state index in [9.17, 15) is 8.42 Å². The van der Waals surface area contributed by atoms with E-state index in [1.807, 2.05) is 38.4 Å². The first-order valence-corrected chi connectivity index (χ1v) is 14.4. The molecule has 0 bridgehead atoms. The van der Waals surface area contributed by atoms with E-state index in [4.69, 9.17) is 26.7 Å². The molecule has 0 saturated carbocycles. The maximum absolute atomic E-state index is 12.3. The van der Waals surface area contributed by atoms with Crippen LogP contribution in [0.5, 0.6) is 0 Å². The minimum absolute atomic E-state index is 0.0174. The van der Waals surface area contributed by atoms with Crippen LogP contribution in [-0.4, -0.2) is 74.0 Å². The van der Waals surface area contributed by atoms with Crippen LogP contribution in [0.25, 0.3) is 0 Å². The van der Waals surface area contributed by atoms with Crippen molar-refractivity contribution in [2.24, 2.45) is 0 Å². The molecule has 1 fully saturated rings. The number of aromatic nitrogens is 2. The third-order valence-corrected chi connectivity index (χ3v) is 9.29. The highest BCUT2D eigenvalue weighted by molar-refractivity contribution is 7.89. The summed E-state index contributed by atoms with van der Waals surface area (Å²) in [6, 6.07) is 16.4. The molecule has 2 N–H and O–H groups in total. The molecule has 8 nitrogen and oxygen atoms in total. The zero-order chi connectivity index (χ0) is 25.0. The quantitative estimate of drug-likeness (QED) is 0.332. The molecule has 188 valence electrons. The Labute approximate surface area is 216 Å². The van der Waals surface area contributed by atoms with Crippen LogP contribution in [0.3, 0.4) is 0 Å². The first kappa shape index (κ1) is 25.7. The SMILES string of the molecule is CN(C)c1ccc(CC(c2ccc(N)cc2)c2nsc(N3CCN(S(=O)(=O)CCCl)CC3)n2)cc1. The number of rotatable bonds is 9. The van der Waals surface area contributed by atoms with E-state index >= 15 is 0 Å². The molecule has 35 heavy (non-hydrogen) atoms. The summed E-state index contributed by atoms with van der Waals surface area (Å²) in [4.78, 5) is 9.09. The molecular formula is C24H31ClN6O2S2. The lowest BCUT2D eigenvalue weighted by atomic mass is 9.91. The monoisotopic (exact) mass is 534 g/mol. The topological polar surface area (TPSA) is 95.7 Å². The average Bonchev–Trinajstić information content (AvgIpc) is 3.34. The van der Waals surface area contributed by atoms with E-state index in [-0.39, 0.29) is 17.6 Å². The van der Waals surface area contributed by atoms with E-state index in [1.54, 1.807) is 0 Å². The number of hydrogen-bond donors (Lipinski definition) is 1. The fourth-order valence-corrected chi connectivity index (χ4v) is 6.67. The lowest BCUT2D eigenvalue weighted by Gasteiger charge is -2.33. The molecule has 1 atom stereocenters. The second-order valence-corrected chi connectivity index (χ2v) is 12.0. The summed E-state index contributed by atoms with van der Waals surface area (Å²) < 4.78 is 30.9. The van der Waals surface area contributed by atoms with E-state index < -0.39 is 10.0 Å². The minimum atomic E-state index is -3.30. The molecule has 4 rings (SSSR count). The predicted molar refractivity (Wildman–Crippen MR) is 145 cm³/mol. The number of halogens is 1. The first-order chi connectivity index (χ1) is 16.8. The fourth-order valence-electron chi connectivity index (χ4n) is 4.13. The van der Waals surface area contributed by atoms with Gasteiger partial charge in [0.05, 0.1) is 5.75 Å². The highest BCUT2D eigenvalue weighted by atomic mass is 35.5. The molecule has 1 unspecified atom stereocenters. The number of nitrogens with two attached hydrogens (primary N) is 1. The van der Waals surface area contributed by atoms with Crippen molar-refractivity contribution in [1.29, 1.82) is 0 Å². The second-order valence-electron chi connectivity index (χ2n) is 8.81. The Balaban J connectivity index is 1.53. The van der Waals surface area contributed by atoms with Gasteiger partial charge in [-0.1, -0.05) is 24.3 Å². The number of anilines is 3. The number of alkyl halides is 1. The van der Waals surface area contributed by atoms with Crippen molar-refractivity contribution in [2.75, 3.05) is 67.4 Å². The van der Waals surface area contributed by atoms with Gasteiger partial charge in [0, 0.05) is 75.0 Å². The van der Waals surface area contributed by atoms with Crippen molar-refractivity contribution in [3.05, 3.63) is 65.5 Å². The van der Waals surface area contributed by atoms with Crippen molar-refractivity contribution in [1.82, 2.24) is 13.7 Å². The number of piperazine rings is 1. The molecule has 3 aromatic rings. The molecule has 0 radical (unpaired) electrons. The largest absolute Gasteiger partial charge is 0.399 e. The summed E-state index contributed by atoms with van der Waals surface area (Å²) in [5, 5.41) is 0.817. The lowest BCUT2D eigenvalue weighted by molar-refractivity contribution is 0.385. The van der Waals surface area contributed by atoms with E-state index in [1.165, 1.54) is 21.4 Å². The highest BCUT2D eigenvalue weighted by Gasteiger charge is 2.28. The van der Waals surface area contributed by atoms with Gasteiger partial charge in [-0.3, -0.25) is 0 Å². The summed E-state index contributed by atoms with van der Waals surface area (Å²) in [6.45, 7) is 2.00. The zero-order valence-corrected chi connectivity index (χ0v) is 22.4. The van der Waals surface area contributed by atoms with Crippen LogP contribution in [0.15, 0.2) is 48.5 Å². The van der Waals surface area contributed by atoms with Gasteiger partial charge in [0.15, 0.2) is 5.82 Å². The molecule has 1 aromatic heterocycles. The lowest BCUT2D eigenvalue weighted by Crippen LogP contribution is -2.49. The molecule has 2 aromatic carbocycles. The van der Waals surface area contributed by atoms with Crippen molar-refractivity contribution in [2.45, 2.75) is 12.3 Å².